The van der Waals surface area contributed by atoms with Crippen molar-refractivity contribution in [3.05, 3.63) is 24.3 Å². The number of hydrogen-bond donors (Lipinski definition) is 2. The highest BCUT2D eigenvalue weighted by Crippen LogP contribution is 1.72. The molecule has 0 aromatic carbocycles. The van der Waals surface area contributed by atoms with Gasteiger partial charge in [-0.3, -0.25) is 0 Å². The van der Waals surface area contributed by atoms with Gasteiger partial charge in [-0.05, 0) is 14.0 Å². The van der Waals surface area contributed by atoms with E-state index in [2.05, 4.69) is 5.73 Å². The first-order valence-corrected chi connectivity index (χ1v) is 2.88. The Balaban J connectivity index is 0. The summed E-state index contributed by atoms with van der Waals surface area (Å²) in [5, 5.41) is 8.17. The minimum absolute atomic E-state index is 0.129. The number of allylic oxidation sites excluding steroid dienone is 3. The summed E-state index contributed by atoms with van der Waals surface area (Å²) in [6.45, 7) is 2.06. The van der Waals surface area contributed by atoms with Gasteiger partial charge in [-0.1, -0.05) is 24.3 Å². The van der Waals surface area contributed by atoms with Gasteiger partial charge >= 0.3 is 0 Å². The zero-order valence-electron chi connectivity index (χ0n) is 6.04. The maximum absolute atomic E-state index is 8.17. The van der Waals surface area contributed by atoms with E-state index in [1.807, 2.05) is 19.1 Å². The second-order valence-electron chi connectivity index (χ2n) is 1.14. The van der Waals surface area contributed by atoms with Crippen molar-refractivity contribution in [1.29, 1.82) is 0 Å². The maximum atomic E-state index is 8.17. The van der Waals surface area contributed by atoms with Gasteiger partial charge < -0.3 is 10.8 Å². The highest BCUT2D eigenvalue weighted by atomic mass is 16.2. The normalized spacial score (nSPS) is 9.78. The zero-order chi connectivity index (χ0) is 7.54. The summed E-state index contributed by atoms with van der Waals surface area (Å²) < 4.78 is 0. The van der Waals surface area contributed by atoms with E-state index in [4.69, 9.17) is 5.11 Å². The van der Waals surface area contributed by atoms with Crippen LogP contribution in [0.15, 0.2) is 24.3 Å². The van der Waals surface area contributed by atoms with Crippen molar-refractivity contribution in [1.82, 2.24) is 0 Å². The Labute approximate surface area is 56.7 Å². The van der Waals surface area contributed by atoms with Crippen molar-refractivity contribution < 1.29 is 5.11 Å². The SMILES string of the molecule is C/C=C/C=C/CO.CN. The number of rotatable bonds is 2. The summed E-state index contributed by atoms with van der Waals surface area (Å²) in [6.07, 6.45) is 7.27. The Kier molecular flexibility index (Phi) is 19.5. The number of nitrogens with two attached hydrogens (primary N) is 1. The lowest BCUT2D eigenvalue weighted by Crippen LogP contribution is -1.69. The summed E-state index contributed by atoms with van der Waals surface area (Å²) in [5.74, 6) is 0. The molecule has 0 radical (unpaired) electrons. The molecule has 0 aliphatic rings. The molecule has 0 aromatic heterocycles. The van der Waals surface area contributed by atoms with Gasteiger partial charge in [-0.2, -0.15) is 0 Å². The molecule has 0 amide bonds. The molecule has 0 spiro atoms. The Morgan fingerprint density at radius 1 is 1.33 bits per heavy atom. The molecule has 0 aromatic rings. The largest absolute Gasteiger partial charge is 0.392 e. The fraction of sp³-hybridized carbons (Fsp3) is 0.429. The first kappa shape index (κ1) is 11.2. The van der Waals surface area contributed by atoms with Crippen LogP contribution < -0.4 is 5.73 Å². The molecule has 2 nitrogen and oxygen atoms in total. The third kappa shape index (κ3) is 18.7. The topological polar surface area (TPSA) is 46.2 Å². The monoisotopic (exact) mass is 129 g/mol. The van der Waals surface area contributed by atoms with Gasteiger partial charge in [0.2, 0.25) is 0 Å². The van der Waals surface area contributed by atoms with Crippen molar-refractivity contribution >= 4 is 0 Å². The lowest BCUT2D eigenvalue weighted by Gasteiger charge is -1.70. The second kappa shape index (κ2) is 15.7. The third-order valence-electron chi connectivity index (χ3n) is 0.545. The lowest BCUT2D eigenvalue weighted by atomic mass is 10.4. The van der Waals surface area contributed by atoms with Crippen molar-refractivity contribution in [2.75, 3.05) is 13.7 Å². The summed E-state index contributed by atoms with van der Waals surface area (Å²) in [6, 6.07) is 0. The first-order valence-electron chi connectivity index (χ1n) is 2.88. The average molecular weight is 129 g/mol. The van der Waals surface area contributed by atoms with Crippen LogP contribution in [0.2, 0.25) is 0 Å². The standard InChI is InChI=1S/C6H10O.CH5N/c1-2-3-4-5-6-7;1-2/h2-5,7H,6H2,1H3;2H2,1H3/b3-2+,5-4+;. The van der Waals surface area contributed by atoms with Gasteiger partial charge in [-0.15, -0.1) is 0 Å². The molecule has 0 heterocycles. The Hall–Kier alpha value is -0.600. The number of hydrogen-bond acceptors (Lipinski definition) is 2. The summed E-state index contributed by atoms with van der Waals surface area (Å²) in [5.41, 5.74) is 4.50. The van der Waals surface area contributed by atoms with Crippen LogP contribution in [0.4, 0.5) is 0 Å². The van der Waals surface area contributed by atoms with E-state index in [9.17, 15) is 0 Å². The maximum Gasteiger partial charge on any atom is 0.0615 e. The van der Waals surface area contributed by atoms with Crippen LogP contribution in [0.1, 0.15) is 6.92 Å². The fourth-order valence-electron chi connectivity index (χ4n) is 0.251. The molecule has 9 heavy (non-hydrogen) atoms. The Bertz CT molecular complexity index is 77.0. The molecule has 54 valence electrons. The van der Waals surface area contributed by atoms with E-state index >= 15 is 0 Å². The van der Waals surface area contributed by atoms with Gasteiger partial charge in [0.15, 0.2) is 0 Å². The number of aliphatic hydroxyl groups is 1. The molecular weight excluding hydrogens is 114 g/mol. The van der Waals surface area contributed by atoms with E-state index in [1.165, 1.54) is 7.05 Å². The van der Waals surface area contributed by atoms with Gasteiger partial charge in [0.05, 0.1) is 6.61 Å². The molecule has 0 unspecified atom stereocenters. The van der Waals surface area contributed by atoms with E-state index in [0.717, 1.165) is 0 Å². The summed E-state index contributed by atoms with van der Waals surface area (Å²) in [7, 11) is 1.50. The molecule has 3 N–H and O–H groups in total. The van der Waals surface area contributed by atoms with E-state index < -0.39 is 0 Å². The molecule has 0 bridgehead atoms. The van der Waals surface area contributed by atoms with Gasteiger partial charge in [0, 0.05) is 0 Å². The van der Waals surface area contributed by atoms with Gasteiger partial charge in [0.25, 0.3) is 0 Å². The highest BCUT2D eigenvalue weighted by molar-refractivity contribution is 5.00. The van der Waals surface area contributed by atoms with Gasteiger partial charge in [0.1, 0.15) is 0 Å². The molecule has 0 fully saturated rings. The summed E-state index contributed by atoms with van der Waals surface area (Å²) in [4.78, 5) is 0. The average Bonchev–Trinajstić information content (AvgIpc) is 1.94. The van der Waals surface area contributed by atoms with E-state index in [-0.39, 0.29) is 6.61 Å². The second-order valence-corrected chi connectivity index (χ2v) is 1.14. The first-order chi connectivity index (χ1) is 4.41. The van der Waals surface area contributed by atoms with Crippen LogP contribution >= 0.6 is 0 Å². The smallest absolute Gasteiger partial charge is 0.0615 e. The Morgan fingerprint density at radius 3 is 2.22 bits per heavy atom. The fourth-order valence-corrected chi connectivity index (χ4v) is 0.251. The molecule has 2 heteroatoms. The highest BCUT2D eigenvalue weighted by Gasteiger charge is 1.58. The van der Waals surface area contributed by atoms with E-state index in [0.29, 0.717) is 0 Å². The lowest BCUT2D eigenvalue weighted by molar-refractivity contribution is 0.343. The van der Waals surface area contributed by atoms with Crippen LogP contribution in [0.3, 0.4) is 0 Å². The quantitative estimate of drug-likeness (QED) is 0.539. The zero-order valence-corrected chi connectivity index (χ0v) is 6.04. The molecule has 0 aliphatic carbocycles. The molecule has 0 rings (SSSR count). The van der Waals surface area contributed by atoms with Crippen LogP contribution in [-0.2, 0) is 0 Å². The molecule has 0 aliphatic heterocycles. The molecule has 0 atom stereocenters. The van der Waals surface area contributed by atoms with Crippen molar-refractivity contribution in [3.8, 4) is 0 Å². The molecule has 0 saturated heterocycles. The van der Waals surface area contributed by atoms with Crippen LogP contribution in [-0.4, -0.2) is 18.8 Å². The summed E-state index contributed by atoms with van der Waals surface area (Å²) >= 11 is 0. The van der Waals surface area contributed by atoms with Crippen LogP contribution in [0.5, 0.6) is 0 Å². The molecule has 0 saturated carbocycles. The van der Waals surface area contributed by atoms with Crippen molar-refractivity contribution in [2.24, 2.45) is 5.73 Å². The Morgan fingerprint density at radius 2 is 1.89 bits per heavy atom. The number of aliphatic hydroxyl groups excluding tert-OH is 1. The van der Waals surface area contributed by atoms with Crippen LogP contribution in [0, 0.1) is 0 Å². The predicted octanol–water partition coefficient (Wildman–Crippen LogP) is 0.686. The van der Waals surface area contributed by atoms with Gasteiger partial charge in [-0.25, -0.2) is 0 Å². The van der Waals surface area contributed by atoms with Crippen molar-refractivity contribution in [3.63, 3.8) is 0 Å². The van der Waals surface area contributed by atoms with Crippen LogP contribution in [0.25, 0.3) is 0 Å². The molecular formula is C7H15NO. The minimum atomic E-state index is 0.129. The van der Waals surface area contributed by atoms with Crippen molar-refractivity contribution in [2.45, 2.75) is 6.92 Å². The minimum Gasteiger partial charge on any atom is -0.392 e. The predicted molar refractivity (Wildman–Crippen MR) is 41.2 cm³/mol. The van der Waals surface area contributed by atoms with E-state index in [1.54, 1.807) is 12.2 Å². The third-order valence-corrected chi connectivity index (χ3v) is 0.545.